The lowest BCUT2D eigenvalue weighted by Crippen LogP contribution is -2.49. The van der Waals surface area contributed by atoms with Gasteiger partial charge in [0.05, 0.1) is 13.2 Å². The Morgan fingerprint density at radius 3 is 2.26 bits per heavy atom. The standard InChI is InChI=1S/C24H26N4O3/c1-26-24(30)20-6-3-18(4-7-20)5-12-23(29)28-15-13-27(14-16-28)22(17-25)19-8-10-21(31-2)11-9-19/h3-12,22H,13-16H2,1-2H3,(H,26,30)/b12-5+. The lowest BCUT2D eigenvalue weighted by Gasteiger charge is -2.36. The van der Waals surface area contributed by atoms with Crippen LogP contribution in [0.4, 0.5) is 0 Å². The van der Waals surface area contributed by atoms with E-state index in [4.69, 9.17) is 4.74 Å². The molecule has 3 rings (SSSR count). The van der Waals surface area contributed by atoms with Crippen molar-refractivity contribution in [3.8, 4) is 11.8 Å². The Hall–Kier alpha value is -3.63. The first-order valence-electron chi connectivity index (χ1n) is 10.1. The Morgan fingerprint density at radius 1 is 1.06 bits per heavy atom. The highest BCUT2D eigenvalue weighted by Gasteiger charge is 2.26. The van der Waals surface area contributed by atoms with Gasteiger partial charge in [0.1, 0.15) is 11.8 Å². The molecule has 1 unspecified atom stereocenters. The van der Waals surface area contributed by atoms with Gasteiger partial charge in [0.15, 0.2) is 0 Å². The highest BCUT2D eigenvalue weighted by molar-refractivity contribution is 5.94. The Kier molecular flexibility index (Phi) is 7.41. The molecule has 0 aromatic heterocycles. The molecular formula is C24H26N4O3. The monoisotopic (exact) mass is 418 g/mol. The number of hydrogen-bond acceptors (Lipinski definition) is 5. The molecule has 7 heteroatoms. The maximum absolute atomic E-state index is 12.6. The number of carbonyl (C=O) groups is 2. The molecule has 1 aliphatic heterocycles. The highest BCUT2D eigenvalue weighted by Crippen LogP contribution is 2.24. The molecule has 1 N–H and O–H groups in total. The number of piperazine rings is 1. The van der Waals surface area contributed by atoms with Crippen molar-refractivity contribution in [1.82, 2.24) is 15.1 Å². The molecule has 0 saturated carbocycles. The summed E-state index contributed by atoms with van der Waals surface area (Å²) in [5.41, 5.74) is 2.35. The van der Waals surface area contributed by atoms with Crippen LogP contribution in [0.5, 0.6) is 5.75 Å². The molecule has 2 amide bonds. The van der Waals surface area contributed by atoms with E-state index >= 15 is 0 Å². The summed E-state index contributed by atoms with van der Waals surface area (Å²) in [6.07, 6.45) is 3.30. The first-order chi connectivity index (χ1) is 15.0. The molecule has 1 atom stereocenters. The molecule has 7 nitrogen and oxygen atoms in total. The van der Waals surface area contributed by atoms with Crippen LogP contribution < -0.4 is 10.1 Å². The van der Waals surface area contributed by atoms with Gasteiger partial charge in [0.25, 0.3) is 5.91 Å². The molecule has 0 aliphatic carbocycles. The minimum absolute atomic E-state index is 0.0621. The zero-order valence-corrected chi connectivity index (χ0v) is 17.7. The van der Waals surface area contributed by atoms with E-state index in [9.17, 15) is 14.9 Å². The highest BCUT2D eigenvalue weighted by atomic mass is 16.5. The Morgan fingerprint density at radius 2 is 1.71 bits per heavy atom. The number of nitriles is 1. The van der Waals surface area contributed by atoms with E-state index in [1.165, 1.54) is 0 Å². The molecule has 1 aliphatic rings. The van der Waals surface area contributed by atoms with Gasteiger partial charge in [-0.3, -0.25) is 14.5 Å². The number of amides is 2. The fourth-order valence-corrected chi connectivity index (χ4v) is 3.52. The zero-order chi connectivity index (χ0) is 22.2. The van der Waals surface area contributed by atoms with Crippen LogP contribution >= 0.6 is 0 Å². The third kappa shape index (κ3) is 5.50. The predicted molar refractivity (Wildman–Crippen MR) is 118 cm³/mol. The van der Waals surface area contributed by atoms with E-state index in [0.29, 0.717) is 31.7 Å². The molecule has 1 heterocycles. The van der Waals surface area contributed by atoms with Crippen LogP contribution in [0.1, 0.15) is 27.5 Å². The van der Waals surface area contributed by atoms with Crippen molar-refractivity contribution in [2.24, 2.45) is 0 Å². The van der Waals surface area contributed by atoms with Crippen LogP contribution in [-0.2, 0) is 4.79 Å². The smallest absolute Gasteiger partial charge is 0.251 e. The van der Waals surface area contributed by atoms with E-state index < -0.39 is 0 Å². The fourth-order valence-electron chi connectivity index (χ4n) is 3.52. The van der Waals surface area contributed by atoms with Crippen LogP contribution in [0.25, 0.3) is 6.08 Å². The molecule has 31 heavy (non-hydrogen) atoms. The molecule has 1 fully saturated rings. The average Bonchev–Trinajstić information content (AvgIpc) is 2.83. The number of rotatable bonds is 6. The van der Waals surface area contributed by atoms with Crippen molar-refractivity contribution in [3.63, 3.8) is 0 Å². The molecule has 160 valence electrons. The number of nitrogens with zero attached hydrogens (tertiary/aromatic N) is 3. The second-order valence-corrected chi connectivity index (χ2v) is 7.20. The summed E-state index contributed by atoms with van der Waals surface area (Å²) >= 11 is 0. The maximum atomic E-state index is 12.6. The van der Waals surface area contributed by atoms with E-state index in [2.05, 4.69) is 16.3 Å². The van der Waals surface area contributed by atoms with Gasteiger partial charge in [-0.2, -0.15) is 5.26 Å². The van der Waals surface area contributed by atoms with Crippen molar-refractivity contribution < 1.29 is 14.3 Å². The average molecular weight is 418 g/mol. The van der Waals surface area contributed by atoms with Crippen molar-refractivity contribution in [1.29, 1.82) is 5.26 Å². The third-order valence-corrected chi connectivity index (χ3v) is 5.36. The van der Waals surface area contributed by atoms with Crippen molar-refractivity contribution in [2.45, 2.75) is 6.04 Å². The predicted octanol–water partition coefficient (Wildman–Crippen LogP) is 2.48. The summed E-state index contributed by atoms with van der Waals surface area (Å²) in [5.74, 6) is 0.550. The van der Waals surface area contributed by atoms with Crippen molar-refractivity contribution >= 4 is 17.9 Å². The summed E-state index contributed by atoms with van der Waals surface area (Å²) in [7, 11) is 3.20. The van der Waals surface area contributed by atoms with Crippen molar-refractivity contribution in [2.75, 3.05) is 40.3 Å². The fraction of sp³-hybridized carbons (Fsp3) is 0.292. The van der Waals surface area contributed by atoms with Crippen LogP contribution in [0.3, 0.4) is 0 Å². The molecule has 0 bridgehead atoms. The molecule has 0 spiro atoms. The SMILES string of the molecule is CNC(=O)c1ccc(/C=C/C(=O)N2CCN(C(C#N)c3ccc(OC)cc3)CC2)cc1. The summed E-state index contributed by atoms with van der Waals surface area (Å²) in [6.45, 7) is 2.38. The van der Waals surface area contributed by atoms with Crippen LogP contribution in [-0.4, -0.2) is 62.0 Å². The van der Waals surface area contributed by atoms with Gasteiger partial charge in [-0.1, -0.05) is 24.3 Å². The largest absolute Gasteiger partial charge is 0.497 e. The minimum Gasteiger partial charge on any atom is -0.497 e. The van der Waals surface area contributed by atoms with Gasteiger partial charge in [0, 0.05) is 44.9 Å². The van der Waals surface area contributed by atoms with Gasteiger partial charge in [0.2, 0.25) is 5.91 Å². The van der Waals surface area contributed by atoms with Gasteiger partial charge in [-0.15, -0.1) is 0 Å². The molecule has 0 radical (unpaired) electrons. The van der Waals surface area contributed by atoms with Gasteiger partial charge >= 0.3 is 0 Å². The summed E-state index contributed by atoms with van der Waals surface area (Å²) in [6, 6.07) is 16.6. The van der Waals surface area contributed by atoms with Gasteiger partial charge in [-0.05, 0) is 41.5 Å². The van der Waals surface area contributed by atoms with Crippen LogP contribution in [0.2, 0.25) is 0 Å². The quantitative estimate of drug-likeness (QED) is 0.729. The van der Waals surface area contributed by atoms with Crippen LogP contribution in [0.15, 0.2) is 54.6 Å². The molecule has 2 aromatic rings. The number of carbonyl (C=O) groups excluding carboxylic acids is 2. The topological polar surface area (TPSA) is 85.7 Å². The third-order valence-electron chi connectivity index (χ3n) is 5.36. The number of methoxy groups -OCH3 is 1. The number of benzene rings is 2. The molecule has 2 aromatic carbocycles. The maximum Gasteiger partial charge on any atom is 0.251 e. The normalized spacial score (nSPS) is 15.3. The number of nitrogens with one attached hydrogen (secondary N) is 1. The lowest BCUT2D eigenvalue weighted by atomic mass is 10.1. The molecular weight excluding hydrogens is 392 g/mol. The second kappa shape index (κ2) is 10.4. The van der Waals surface area contributed by atoms with E-state index in [-0.39, 0.29) is 17.9 Å². The van der Waals surface area contributed by atoms with Crippen molar-refractivity contribution in [3.05, 3.63) is 71.3 Å². The Balaban J connectivity index is 1.55. The summed E-state index contributed by atoms with van der Waals surface area (Å²) in [5, 5.41) is 12.3. The first-order valence-corrected chi connectivity index (χ1v) is 10.1. The summed E-state index contributed by atoms with van der Waals surface area (Å²) in [4.78, 5) is 28.0. The van der Waals surface area contributed by atoms with E-state index in [1.54, 1.807) is 55.5 Å². The lowest BCUT2D eigenvalue weighted by molar-refractivity contribution is -0.127. The van der Waals surface area contributed by atoms with Crippen LogP contribution in [0, 0.1) is 11.3 Å². The second-order valence-electron chi connectivity index (χ2n) is 7.20. The number of ether oxygens (including phenoxy) is 1. The van der Waals surface area contributed by atoms with E-state index in [0.717, 1.165) is 16.9 Å². The summed E-state index contributed by atoms with van der Waals surface area (Å²) < 4.78 is 5.18. The minimum atomic E-state index is -0.350. The first kappa shape index (κ1) is 22.1. The zero-order valence-electron chi connectivity index (χ0n) is 17.7. The molecule has 1 saturated heterocycles. The van der Waals surface area contributed by atoms with E-state index in [1.807, 2.05) is 24.3 Å². The Bertz CT molecular complexity index is 969. The number of hydrogen-bond donors (Lipinski definition) is 1. The van der Waals surface area contributed by atoms with Gasteiger partial charge < -0.3 is 15.0 Å². The van der Waals surface area contributed by atoms with Gasteiger partial charge in [-0.25, -0.2) is 0 Å². The Labute approximate surface area is 182 Å².